The molecule has 4 aromatic rings. The predicted molar refractivity (Wildman–Crippen MR) is 130 cm³/mol. The van der Waals surface area contributed by atoms with E-state index in [-0.39, 0.29) is 41.9 Å². The van der Waals surface area contributed by atoms with E-state index in [2.05, 4.69) is 15.3 Å². The number of aryl methyl sites for hydroxylation is 1. The smallest absolute Gasteiger partial charge is 0.293 e. The van der Waals surface area contributed by atoms with E-state index < -0.39 is 5.56 Å². The molecular formula is C22H20Cl2N6O4. The number of nitrogen functional groups attached to an aromatic ring is 1. The fraction of sp³-hybridized carbons (Fsp3) is 0.182. The molecule has 0 bridgehead atoms. The topological polar surface area (TPSA) is 137 Å². The van der Waals surface area contributed by atoms with Crippen LogP contribution < -0.4 is 21.4 Å². The number of aromatic nitrogens is 4. The lowest BCUT2D eigenvalue weighted by Crippen LogP contribution is -2.28. The zero-order chi connectivity index (χ0) is 24.6. The summed E-state index contributed by atoms with van der Waals surface area (Å²) in [5.41, 5.74) is 7.21. The molecule has 3 heterocycles. The summed E-state index contributed by atoms with van der Waals surface area (Å²) >= 11 is 12.6. The third-order valence-electron chi connectivity index (χ3n) is 5.16. The van der Waals surface area contributed by atoms with Crippen molar-refractivity contribution in [3.63, 3.8) is 0 Å². The monoisotopic (exact) mass is 502 g/mol. The van der Waals surface area contributed by atoms with Gasteiger partial charge in [-0.1, -0.05) is 29.3 Å². The van der Waals surface area contributed by atoms with E-state index in [1.165, 1.54) is 13.2 Å². The molecule has 0 unspecified atom stereocenters. The van der Waals surface area contributed by atoms with Crippen LogP contribution in [0.25, 0.3) is 33.5 Å². The Morgan fingerprint density at radius 2 is 1.94 bits per heavy atom. The number of fused-ring (bicyclic) bond motifs is 1. The molecule has 0 aliphatic carbocycles. The van der Waals surface area contributed by atoms with E-state index in [0.29, 0.717) is 32.3 Å². The summed E-state index contributed by atoms with van der Waals surface area (Å²) in [4.78, 5) is 39.8. The molecule has 176 valence electrons. The number of halogens is 2. The minimum absolute atomic E-state index is 0.0883. The van der Waals surface area contributed by atoms with Crippen LogP contribution in [0, 0.1) is 0 Å². The minimum Gasteiger partial charge on any atom is -0.412 e. The Morgan fingerprint density at radius 3 is 2.59 bits per heavy atom. The first-order chi connectivity index (χ1) is 16.3. The Balaban J connectivity index is 1.90. The summed E-state index contributed by atoms with van der Waals surface area (Å²) in [5, 5.41) is 12.5. The average Bonchev–Trinajstić information content (AvgIpc) is 3.19. The van der Waals surface area contributed by atoms with Crippen LogP contribution in [0.3, 0.4) is 0 Å². The number of pyridine rings is 1. The first kappa shape index (κ1) is 23.6. The Labute approximate surface area is 203 Å². The van der Waals surface area contributed by atoms with Gasteiger partial charge in [0.25, 0.3) is 11.5 Å². The van der Waals surface area contributed by atoms with E-state index in [9.17, 15) is 9.59 Å². The van der Waals surface area contributed by atoms with Gasteiger partial charge in [-0.05, 0) is 24.3 Å². The SMILES string of the molecule is COn1c(=O)c(-c2c(Cl)cccc2Cl)cc2c(N)nc(-c3cc(C(=O)NCCO)n(C)c3)nc21. The van der Waals surface area contributed by atoms with Crippen molar-refractivity contribution in [3.8, 4) is 22.5 Å². The molecule has 1 amide bonds. The van der Waals surface area contributed by atoms with Crippen LogP contribution in [0.5, 0.6) is 0 Å². The van der Waals surface area contributed by atoms with Gasteiger partial charge in [0.05, 0.1) is 27.6 Å². The van der Waals surface area contributed by atoms with Gasteiger partial charge in [0, 0.05) is 30.9 Å². The fourth-order valence-corrected chi connectivity index (χ4v) is 4.19. The summed E-state index contributed by atoms with van der Waals surface area (Å²) in [6, 6.07) is 8.02. The number of amides is 1. The largest absolute Gasteiger partial charge is 0.412 e. The van der Waals surface area contributed by atoms with E-state index >= 15 is 0 Å². The summed E-state index contributed by atoms with van der Waals surface area (Å²) in [5.74, 6) is -0.0903. The van der Waals surface area contributed by atoms with Gasteiger partial charge in [-0.25, -0.2) is 9.97 Å². The first-order valence-corrected chi connectivity index (χ1v) is 10.8. The van der Waals surface area contributed by atoms with Crippen LogP contribution in [-0.2, 0) is 7.05 Å². The number of aliphatic hydroxyl groups excluding tert-OH is 1. The highest BCUT2D eigenvalue weighted by Crippen LogP contribution is 2.34. The number of hydrogen-bond acceptors (Lipinski definition) is 7. The van der Waals surface area contributed by atoms with Crippen molar-refractivity contribution >= 4 is 46.0 Å². The quantitative estimate of drug-likeness (QED) is 0.367. The number of nitrogens with zero attached hydrogens (tertiary/aromatic N) is 4. The highest BCUT2D eigenvalue weighted by Gasteiger charge is 2.21. The van der Waals surface area contributed by atoms with E-state index in [1.54, 1.807) is 42.1 Å². The normalized spacial score (nSPS) is 11.1. The summed E-state index contributed by atoms with van der Waals surface area (Å²) < 4.78 is 2.58. The molecule has 1 aromatic carbocycles. The van der Waals surface area contributed by atoms with Crippen molar-refractivity contribution in [2.24, 2.45) is 7.05 Å². The molecule has 0 radical (unpaired) electrons. The molecule has 4 rings (SSSR count). The van der Waals surface area contributed by atoms with Gasteiger partial charge >= 0.3 is 0 Å². The number of nitrogens with one attached hydrogen (secondary N) is 1. The average molecular weight is 503 g/mol. The number of carbonyl (C=O) groups excluding carboxylic acids is 1. The Bertz CT molecular complexity index is 1460. The third kappa shape index (κ3) is 4.07. The second-order valence-electron chi connectivity index (χ2n) is 7.31. The van der Waals surface area contributed by atoms with Crippen molar-refractivity contribution in [1.29, 1.82) is 0 Å². The van der Waals surface area contributed by atoms with Gasteiger partial charge in [0.15, 0.2) is 11.5 Å². The number of hydrogen-bond donors (Lipinski definition) is 3. The molecule has 0 saturated heterocycles. The Hall–Kier alpha value is -3.60. The Kier molecular flexibility index (Phi) is 6.47. The van der Waals surface area contributed by atoms with Crippen molar-refractivity contribution in [1.82, 2.24) is 24.6 Å². The van der Waals surface area contributed by atoms with Crippen LogP contribution in [-0.4, -0.2) is 50.5 Å². The molecule has 34 heavy (non-hydrogen) atoms. The van der Waals surface area contributed by atoms with Crippen LogP contribution in [0.2, 0.25) is 10.0 Å². The zero-order valence-corrected chi connectivity index (χ0v) is 19.7. The number of nitrogens with two attached hydrogens (primary N) is 1. The molecule has 10 nitrogen and oxygen atoms in total. The zero-order valence-electron chi connectivity index (χ0n) is 18.2. The van der Waals surface area contributed by atoms with Gasteiger partial charge < -0.3 is 25.6 Å². The van der Waals surface area contributed by atoms with Gasteiger partial charge in [-0.2, -0.15) is 0 Å². The summed E-state index contributed by atoms with van der Waals surface area (Å²) in [6.45, 7) is -0.0556. The maximum Gasteiger partial charge on any atom is 0.293 e. The molecule has 4 N–H and O–H groups in total. The van der Waals surface area contributed by atoms with Crippen molar-refractivity contribution < 1.29 is 14.7 Å². The minimum atomic E-state index is -0.536. The van der Waals surface area contributed by atoms with Crippen LogP contribution in [0.4, 0.5) is 5.82 Å². The molecule has 0 fully saturated rings. The number of benzene rings is 1. The fourth-order valence-electron chi connectivity index (χ4n) is 3.58. The van der Waals surface area contributed by atoms with Crippen LogP contribution >= 0.6 is 23.2 Å². The molecule has 0 spiro atoms. The van der Waals surface area contributed by atoms with Gasteiger partial charge in [-0.3, -0.25) is 9.59 Å². The maximum atomic E-state index is 13.3. The van der Waals surface area contributed by atoms with Crippen molar-refractivity contribution in [2.75, 3.05) is 26.0 Å². The van der Waals surface area contributed by atoms with E-state index in [0.717, 1.165) is 4.73 Å². The molecule has 0 saturated carbocycles. The van der Waals surface area contributed by atoms with Gasteiger partial charge in [0.1, 0.15) is 18.6 Å². The van der Waals surface area contributed by atoms with Gasteiger partial charge in [0.2, 0.25) is 0 Å². The molecule has 0 aliphatic heterocycles. The number of rotatable bonds is 6. The maximum absolute atomic E-state index is 13.3. The van der Waals surface area contributed by atoms with Crippen molar-refractivity contribution in [2.45, 2.75) is 0 Å². The van der Waals surface area contributed by atoms with Crippen LogP contribution in [0.1, 0.15) is 10.5 Å². The summed E-state index contributed by atoms with van der Waals surface area (Å²) in [6.07, 6.45) is 1.65. The number of carbonyl (C=O) groups is 1. The molecule has 12 heteroatoms. The Morgan fingerprint density at radius 1 is 1.24 bits per heavy atom. The lowest BCUT2D eigenvalue weighted by molar-refractivity contribution is 0.0936. The number of anilines is 1. The number of aliphatic hydroxyl groups is 1. The predicted octanol–water partition coefficient (Wildman–Crippen LogP) is 2.13. The lowest BCUT2D eigenvalue weighted by atomic mass is 10.1. The van der Waals surface area contributed by atoms with E-state index in [1.807, 2.05) is 0 Å². The lowest BCUT2D eigenvalue weighted by Gasteiger charge is -2.14. The summed E-state index contributed by atoms with van der Waals surface area (Å²) in [7, 11) is 3.01. The van der Waals surface area contributed by atoms with E-state index in [4.69, 9.17) is 38.9 Å². The highest BCUT2D eigenvalue weighted by molar-refractivity contribution is 6.39. The van der Waals surface area contributed by atoms with Crippen molar-refractivity contribution in [3.05, 3.63) is 62.6 Å². The molecule has 0 atom stereocenters. The van der Waals surface area contributed by atoms with Gasteiger partial charge in [-0.15, -0.1) is 4.73 Å². The second-order valence-corrected chi connectivity index (χ2v) is 8.13. The molecule has 3 aromatic heterocycles. The second kappa shape index (κ2) is 9.34. The molecule has 0 aliphatic rings. The first-order valence-electron chi connectivity index (χ1n) is 10.0. The highest BCUT2D eigenvalue weighted by atomic mass is 35.5. The van der Waals surface area contributed by atoms with Crippen LogP contribution in [0.15, 0.2) is 41.3 Å². The third-order valence-corrected chi connectivity index (χ3v) is 5.79. The molecular weight excluding hydrogens is 483 g/mol. The standard InChI is InChI=1S/C22H20Cl2N6O4/c1-29-10-11(8-16(29)21(32)26-6-7-31)19-27-18(25)13-9-12(17-14(23)4-3-5-15(17)24)22(33)30(34-2)20(13)28-19/h3-5,8-10,31H,6-7H2,1-2H3,(H,26,32)(H2,25,27,28).